The highest BCUT2D eigenvalue weighted by Crippen LogP contribution is 2.36. The Labute approximate surface area is 66.4 Å². The van der Waals surface area contributed by atoms with Crippen molar-refractivity contribution in [2.75, 3.05) is 7.11 Å². The highest BCUT2D eigenvalue weighted by atomic mass is 16.5. The quantitative estimate of drug-likeness (QED) is 0.615. The molecule has 1 aliphatic rings. The minimum atomic E-state index is -1.27. The van der Waals surface area contributed by atoms with Crippen molar-refractivity contribution in [1.29, 1.82) is 0 Å². The van der Waals surface area contributed by atoms with Crippen molar-refractivity contribution in [3.63, 3.8) is 0 Å². The molecule has 0 aliphatic heterocycles. The second-order valence-electron chi connectivity index (χ2n) is 3.41. The molecule has 3 heteroatoms. The fourth-order valence-electron chi connectivity index (χ4n) is 1.19. The number of methoxy groups -OCH3 is 1. The first kappa shape index (κ1) is 8.53. The van der Waals surface area contributed by atoms with E-state index in [2.05, 4.69) is 4.74 Å². The molecule has 1 fully saturated rings. The molecule has 0 aromatic carbocycles. The lowest BCUT2D eigenvalue weighted by Crippen LogP contribution is -2.36. The zero-order valence-corrected chi connectivity index (χ0v) is 6.96. The third-order valence-electron chi connectivity index (χ3n) is 2.01. The highest BCUT2D eigenvalue weighted by molar-refractivity contribution is 5.78. The molecule has 0 heterocycles. The van der Waals surface area contributed by atoms with Gasteiger partial charge in [-0.05, 0) is 19.3 Å². The van der Waals surface area contributed by atoms with Gasteiger partial charge in [0.25, 0.3) is 0 Å². The van der Waals surface area contributed by atoms with E-state index in [-0.39, 0.29) is 0 Å². The van der Waals surface area contributed by atoms with E-state index in [0.717, 1.165) is 12.8 Å². The van der Waals surface area contributed by atoms with E-state index in [1.165, 1.54) is 14.0 Å². The zero-order valence-electron chi connectivity index (χ0n) is 6.96. The number of esters is 1. The van der Waals surface area contributed by atoms with Gasteiger partial charge in [0, 0.05) is 0 Å². The number of carbonyl (C=O) groups is 1. The maximum Gasteiger partial charge on any atom is 0.337 e. The topological polar surface area (TPSA) is 46.5 Å². The SMILES string of the molecule is COC(=O)C(C)(O)CC1CC1. The van der Waals surface area contributed by atoms with Crippen LogP contribution in [0.1, 0.15) is 26.2 Å². The molecule has 0 spiro atoms. The molecule has 1 atom stereocenters. The Bertz CT molecular complexity index is 159. The van der Waals surface area contributed by atoms with Gasteiger partial charge < -0.3 is 9.84 Å². The number of hydrogen-bond acceptors (Lipinski definition) is 3. The summed E-state index contributed by atoms with van der Waals surface area (Å²) in [6.07, 6.45) is 2.81. The molecule has 0 aromatic rings. The van der Waals surface area contributed by atoms with Gasteiger partial charge in [-0.1, -0.05) is 12.8 Å². The Morgan fingerprint density at radius 3 is 2.64 bits per heavy atom. The van der Waals surface area contributed by atoms with E-state index in [1.54, 1.807) is 0 Å². The fraction of sp³-hybridized carbons (Fsp3) is 0.875. The molecule has 1 unspecified atom stereocenters. The first-order valence-corrected chi connectivity index (χ1v) is 3.87. The van der Waals surface area contributed by atoms with Gasteiger partial charge in [0.05, 0.1) is 7.11 Å². The molecular weight excluding hydrogens is 144 g/mol. The molecule has 0 amide bonds. The van der Waals surface area contributed by atoms with Crippen molar-refractivity contribution < 1.29 is 14.6 Å². The summed E-state index contributed by atoms with van der Waals surface area (Å²) in [6, 6.07) is 0. The average molecular weight is 158 g/mol. The molecule has 0 saturated heterocycles. The molecule has 0 radical (unpaired) electrons. The lowest BCUT2D eigenvalue weighted by atomic mass is 10.00. The van der Waals surface area contributed by atoms with Gasteiger partial charge in [0.15, 0.2) is 5.60 Å². The predicted molar refractivity (Wildman–Crippen MR) is 40.0 cm³/mol. The molecule has 1 aliphatic carbocycles. The Hall–Kier alpha value is -0.570. The van der Waals surface area contributed by atoms with Crippen molar-refractivity contribution in [2.45, 2.75) is 31.8 Å². The number of aliphatic hydroxyl groups is 1. The number of hydrogen-bond donors (Lipinski definition) is 1. The van der Waals surface area contributed by atoms with Gasteiger partial charge in [-0.3, -0.25) is 0 Å². The smallest absolute Gasteiger partial charge is 0.337 e. The third-order valence-corrected chi connectivity index (χ3v) is 2.01. The van der Waals surface area contributed by atoms with Gasteiger partial charge >= 0.3 is 5.97 Å². The van der Waals surface area contributed by atoms with Crippen LogP contribution < -0.4 is 0 Å². The molecule has 64 valence electrons. The summed E-state index contributed by atoms with van der Waals surface area (Å²) in [4.78, 5) is 10.9. The van der Waals surface area contributed by atoms with Crippen LogP contribution in [0.2, 0.25) is 0 Å². The van der Waals surface area contributed by atoms with E-state index < -0.39 is 11.6 Å². The lowest BCUT2D eigenvalue weighted by Gasteiger charge is -2.19. The van der Waals surface area contributed by atoms with Gasteiger partial charge in [-0.25, -0.2) is 4.79 Å². The fourth-order valence-corrected chi connectivity index (χ4v) is 1.19. The summed E-state index contributed by atoms with van der Waals surface area (Å²) in [6.45, 7) is 1.51. The summed E-state index contributed by atoms with van der Waals surface area (Å²) in [5.41, 5.74) is -1.27. The van der Waals surface area contributed by atoms with E-state index >= 15 is 0 Å². The average Bonchev–Trinajstić information content (AvgIpc) is 2.69. The first-order valence-electron chi connectivity index (χ1n) is 3.87. The van der Waals surface area contributed by atoms with Crippen LogP contribution in [0.4, 0.5) is 0 Å². The van der Waals surface area contributed by atoms with Crippen LogP contribution in [-0.4, -0.2) is 23.8 Å². The van der Waals surface area contributed by atoms with Crippen molar-refractivity contribution >= 4 is 5.97 Å². The van der Waals surface area contributed by atoms with Crippen molar-refractivity contribution in [3.8, 4) is 0 Å². The minimum absolute atomic E-state index is 0.524. The molecule has 0 bridgehead atoms. The number of rotatable bonds is 3. The third kappa shape index (κ3) is 2.19. The van der Waals surface area contributed by atoms with Crippen molar-refractivity contribution in [3.05, 3.63) is 0 Å². The Morgan fingerprint density at radius 1 is 1.73 bits per heavy atom. The largest absolute Gasteiger partial charge is 0.467 e. The Balaban J connectivity index is 2.42. The predicted octanol–water partition coefficient (Wildman–Crippen LogP) is 0.710. The van der Waals surface area contributed by atoms with Gasteiger partial charge in [-0.2, -0.15) is 0 Å². The van der Waals surface area contributed by atoms with Crippen LogP contribution in [0.25, 0.3) is 0 Å². The van der Waals surface area contributed by atoms with Crippen LogP contribution in [0.5, 0.6) is 0 Å². The first-order chi connectivity index (χ1) is 5.06. The molecule has 1 saturated carbocycles. The van der Waals surface area contributed by atoms with Crippen LogP contribution in [-0.2, 0) is 9.53 Å². The normalized spacial score (nSPS) is 22.5. The summed E-state index contributed by atoms with van der Waals surface area (Å²) in [5.74, 6) is 0.00787. The number of carbonyl (C=O) groups excluding carboxylic acids is 1. The lowest BCUT2D eigenvalue weighted by molar-refractivity contribution is -0.161. The van der Waals surface area contributed by atoms with Crippen molar-refractivity contribution in [2.24, 2.45) is 5.92 Å². The Kier molecular flexibility index (Phi) is 2.18. The number of ether oxygens (including phenoxy) is 1. The van der Waals surface area contributed by atoms with Gasteiger partial charge in [0.1, 0.15) is 0 Å². The summed E-state index contributed by atoms with van der Waals surface area (Å²) in [7, 11) is 1.30. The molecule has 3 nitrogen and oxygen atoms in total. The minimum Gasteiger partial charge on any atom is -0.467 e. The van der Waals surface area contributed by atoms with E-state index in [9.17, 15) is 9.90 Å². The van der Waals surface area contributed by atoms with Crippen LogP contribution >= 0.6 is 0 Å². The molecule has 1 rings (SSSR count). The maximum atomic E-state index is 10.9. The van der Waals surface area contributed by atoms with Gasteiger partial charge in [0.2, 0.25) is 0 Å². The van der Waals surface area contributed by atoms with E-state index in [1.807, 2.05) is 0 Å². The molecular formula is C8H14O3. The molecule has 11 heavy (non-hydrogen) atoms. The Morgan fingerprint density at radius 2 is 2.27 bits per heavy atom. The van der Waals surface area contributed by atoms with Gasteiger partial charge in [-0.15, -0.1) is 0 Å². The standard InChI is InChI=1S/C8H14O3/c1-8(10,7(9)11-2)5-6-3-4-6/h6,10H,3-5H2,1-2H3. The highest BCUT2D eigenvalue weighted by Gasteiger charge is 2.37. The second kappa shape index (κ2) is 2.81. The molecule has 0 aromatic heterocycles. The van der Waals surface area contributed by atoms with E-state index in [4.69, 9.17) is 0 Å². The van der Waals surface area contributed by atoms with E-state index in [0.29, 0.717) is 12.3 Å². The monoisotopic (exact) mass is 158 g/mol. The zero-order chi connectivity index (χ0) is 8.48. The maximum absolute atomic E-state index is 10.9. The van der Waals surface area contributed by atoms with Crippen LogP contribution in [0.3, 0.4) is 0 Å². The van der Waals surface area contributed by atoms with Crippen molar-refractivity contribution in [1.82, 2.24) is 0 Å². The second-order valence-corrected chi connectivity index (χ2v) is 3.41. The summed E-state index contributed by atoms with van der Waals surface area (Å²) >= 11 is 0. The summed E-state index contributed by atoms with van der Waals surface area (Å²) < 4.78 is 4.45. The summed E-state index contributed by atoms with van der Waals surface area (Å²) in [5, 5.41) is 9.52. The molecule has 1 N–H and O–H groups in total. The van der Waals surface area contributed by atoms with Crippen LogP contribution in [0, 0.1) is 5.92 Å². The van der Waals surface area contributed by atoms with Crippen LogP contribution in [0.15, 0.2) is 0 Å².